The van der Waals surface area contributed by atoms with E-state index in [2.05, 4.69) is 67.4 Å². The number of pyridine rings is 1. The van der Waals surface area contributed by atoms with E-state index >= 15 is 0 Å². The normalized spacial score (nSPS) is 14.5. The fourth-order valence-electron chi connectivity index (χ4n) is 5.15. The van der Waals surface area contributed by atoms with Crippen LogP contribution in [0.25, 0.3) is 16.8 Å². The smallest absolute Gasteiger partial charge is 0.274 e. The van der Waals surface area contributed by atoms with E-state index in [4.69, 9.17) is 4.74 Å². The van der Waals surface area contributed by atoms with Gasteiger partial charge in [-0.2, -0.15) is 0 Å². The molecule has 4 aromatic rings. The summed E-state index contributed by atoms with van der Waals surface area (Å²) in [5.41, 5.74) is 7.10. The minimum absolute atomic E-state index is 0.0274. The zero-order valence-corrected chi connectivity index (χ0v) is 20.1. The van der Waals surface area contributed by atoms with Crippen LogP contribution in [0.5, 0.6) is 5.75 Å². The van der Waals surface area contributed by atoms with Gasteiger partial charge in [-0.1, -0.05) is 30.3 Å². The van der Waals surface area contributed by atoms with E-state index in [1.54, 1.807) is 7.11 Å². The number of carbonyl (C=O) groups is 1. The van der Waals surface area contributed by atoms with Gasteiger partial charge < -0.3 is 14.0 Å². The van der Waals surface area contributed by atoms with Crippen molar-refractivity contribution in [3.8, 4) is 16.9 Å². The molecule has 0 aliphatic carbocycles. The molecular formula is C29H31N3O2. The summed E-state index contributed by atoms with van der Waals surface area (Å²) in [5.74, 6) is 1.58. The number of hydrogen-bond acceptors (Lipinski definition) is 3. The Labute approximate surface area is 201 Å². The summed E-state index contributed by atoms with van der Waals surface area (Å²) in [4.78, 5) is 19.8. The number of piperidine rings is 1. The molecule has 0 bridgehead atoms. The van der Waals surface area contributed by atoms with Crippen LogP contribution in [-0.2, 0) is 6.42 Å². The summed E-state index contributed by atoms with van der Waals surface area (Å²) in [5, 5.41) is 0. The maximum Gasteiger partial charge on any atom is 0.274 e. The average molecular weight is 454 g/mol. The molecule has 1 fully saturated rings. The van der Waals surface area contributed by atoms with Gasteiger partial charge in [0.05, 0.1) is 7.11 Å². The van der Waals surface area contributed by atoms with Crippen LogP contribution in [0.3, 0.4) is 0 Å². The van der Waals surface area contributed by atoms with E-state index < -0.39 is 0 Å². The van der Waals surface area contributed by atoms with Gasteiger partial charge >= 0.3 is 0 Å². The number of fused-ring (bicyclic) bond motifs is 1. The van der Waals surface area contributed by atoms with Crippen molar-refractivity contribution in [3.05, 3.63) is 89.4 Å². The van der Waals surface area contributed by atoms with Crippen LogP contribution in [0.2, 0.25) is 0 Å². The Morgan fingerprint density at radius 2 is 1.68 bits per heavy atom. The molecule has 5 rings (SSSR count). The van der Waals surface area contributed by atoms with Gasteiger partial charge in [0.25, 0.3) is 5.91 Å². The summed E-state index contributed by atoms with van der Waals surface area (Å²) in [6, 6.07) is 18.9. The minimum Gasteiger partial charge on any atom is -0.496 e. The number of methoxy groups -OCH3 is 1. The topological polar surface area (TPSA) is 46.8 Å². The Kier molecular flexibility index (Phi) is 6.10. The highest BCUT2D eigenvalue weighted by Crippen LogP contribution is 2.30. The number of imidazole rings is 1. The molecule has 0 unspecified atom stereocenters. The van der Waals surface area contributed by atoms with Crippen LogP contribution < -0.4 is 4.74 Å². The zero-order chi connectivity index (χ0) is 23.7. The summed E-state index contributed by atoms with van der Waals surface area (Å²) < 4.78 is 7.46. The molecule has 34 heavy (non-hydrogen) atoms. The second-order valence-electron chi connectivity index (χ2n) is 9.38. The first-order valence-electron chi connectivity index (χ1n) is 12.0. The number of benzene rings is 2. The molecule has 0 spiro atoms. The molecule has 1 amide bonds. The number of hydrogen-bond donors (Lipinski definition) is 0. The number of rotatable bonds is 5. The molecule has 0 N–H and O–H groups in total. The van der Waals surface area contributed by atoms with Crippen LogP contribution in [0, 0.1) is 19.8 Å². The molecule has 2 aromatic heterocycles. The molecule has 1 aliphatic heterocycles. The van der Waals surface area contributed by atoms with E-state index in [0.29, 0.717) is 11.6 Å². The lowest BCUT2D eigenvalue weighted by molar-refractivity contribution is 0.0685. The van der Waals surface area contributed by atoms with Crippen LogP contribution in [0.4, 0.5) is 0 Å². The highest BCUT2D eigenvalue weighted by molar-refractivity contribution is 5.93. The van der Waals surface area contributed by atoms with Crippen molar-refractivity contribution in [2.45, 2.75) is 33.1 Å². The van der Waals surface area contributed by atoms with Gasteiger partial charge in [0.1, 0.15) is 17.1 Å². The van der Waals surface area contributed by atoms with E-state index in [-0.39, 0.29) is 5.91 Å². The largest absolute Gasteiger partial charge is 0.496 e. The lowest BCUT2D eigenvalue weighted by Gasteiger charge is -2.31. The maximum atomic E-state index is 13.2. The summed E-state index contributed by atoms with van der Waals surface area (Å²) in [7, 11) is 1.71. The Bertz CT molecular complexity index is 1290. The van der Waals surface area contributed by atoms with Crippen molar-refractivity contribution < 1.29 is 9.53 Å². The number of ether oxygens (including phenoxy) is 1. The molecule has 5 heteroatoms. The molecule has 174 valence electrons. The van der Waals surface area contributed by atoms with Crippen molar-refractivity contribution in [3.63, 3.8) is 0 Å². The van der Waals surface area contributed by atoms with E-state index in [0.717, 1.165) is 66.0 Å². The summed E-state index contributed by atoms with van der Waals surface area (Å²) in [6.07, 6.45) is 7.07. The molecule has 0 radical (unpaired) electrons. The predicted octanol–water partition coefficient (Wildman–Crippen LogP) is 5.72. The third-order valence-electron chi connectivity index (χ3n) is 6.94. The van der Waals surface area contributed by atoms with Gasteiger partial charge in [-0.25, -0.2) is 4.98 Å². The Morgan fingerprint density at radius 1 is 0.971 bits per heavy atom. The second kappa shape index (κ2) is 9.34. The van der Waals surface area contributed by atoms with E-state index in [9.17, 15) is 4.79 Å². The maximum absolute atomic E-state index is 13.2. The van der Waals surface area contributed by atoms with Crippen molar-refractivity contribution >= 4 is 11.6 Å². The first kappa shape index (κ1) is 22.2. The zero-order valence-electron chi connectivity index (χ0n) is 20.1. The molecular weight excluding hydrogens is 422 g/mol. The number of amides is 1. The van der Waals surface area contributed by atoms with Crippen LogP contribution in [0.1, 0.15) is 40.0 Å². The minimum atomic E-state index is 0.0274. The quantitative estimate of drug-likeness (QED) is 0.388. The molecule has 3 heterocycles. The summed E-state index contributed by atoms with van der Waals surface area (Å²) in [6.45, 7) is 5.70. The van der Waals surface area contributed by atoms with Crippen molar-refractivity contribution in [2.24, 2.45) is 5.92 Å². The molecule has 0 saturated carbocycles. The SMILES string of the molecule is COc1c(C)cc(-c2ccc3nc(C(=O)N4CCC(Cc5ccccc5)CC4)cn3c2)cc1C. The average Bonchev–Trinajstić information content (AvgIpc) is 3.28. The van der Waals surface area contributed by atoms with Crippen LogP contribution in [0.15, 0.2) is 67.0 Å². The monoisotopic (exact) mass is 453 g/mol. The molecule has 1 saturated heterocycles. The van der Waals surface area contributed by atoms with Gasteiger partial charge in [-0.05, 0) is 91.1 Å². The molecule has 1 aliphatic rings. The molecule has 5 nitrogen and oxygen atoms in total. The van der Waals surface area contributed by atoms with Crippen molar-refractivity contribution in [1.29, 1.82) is 0 Å². The van der Waals surface area contributed by atoms with Gasteiger partial charge in [0.15, 0.2) is 0 Å². The first-order chi connectivity index (χ1) is 16.5. The van der Waals surface area contributed by atoms with Gasteiger partial charge in [0.2, 0.25) is 0 Å². The Morgan fingerprint density at radius 3 is 2.35 bits per heavy atom. The predicted molar refractivity (Wildman–Crippen MR) is 135 cm³/mol. The highest BCUT2D eigenvalue weighted by Gasteiger charge is 2.25. The fraction of sp³-hybridized carbons (Fsp3) is 0.310. The van der Waals surface area contributed by atoms with Gasteiger partial charge in [-0.3, -0.25) is 4.79 Å². The second-order valence-corrected chi connectivity index (χ2v) is 9.38. The fourth-order valence-corrected chi connectivity index (χ4v) is 5.15. The Hall–Kier alpha value is -3.60. The number of aryl methyl sites for hydroxylation is 2. The highest BCUT2D eigenvalue weighted by atomic mass is 16.5. The molecule has 0 atom stereocenters. The summed E-state index contributed by atoms with van der Waals surface area (Å²) >= 11 is 0. The third kappa shape index (κ3) is 4.43. The number of nitrogens with zero attached hydrogens (tertiary/aromatic N) is 3. The van der Waals surface area contributed by atoms with Gasteiger partial charge in [-0.15, -0.1) is 0 Å². The van der Waals surface area contributed by atoms with Crippen LogP contribution in [-0.4, -0.2) is 40.4 Å². The number of aromatic nitrogens is 2. The van der Waals surface area contributed by atoms with E-state index in [1.807, 2.05) is 27.8 Å². The van der Waals surface area contributed by atoms with Crippen molar-refractivity contribution in [1.82, 2.24) is 14.3 Å². The number of likely N-dealkylation sites (tertiary alicyclic amines) is 1. The first-order valence-corrected chi connectivity index (χ1v) is 12.0. The number of carbonyl (C=O) groups excluding carboxylic acids is 1. The van der Waals surface area contributed by atoms with Crippen molar-refractivity contribution in [2.75, 3.05) is 20.2 Å². The Balaban J connectivity index is 1.30. The standard InChI is InChI=1S/C29H31N3O2/c1-20-15-25(16-21(2)28(20)34-3)24-9-10-27-30-26(19-32(27)18-24)29(33)31-13-11-23(12-14-31)17-22-7-5-4-6-8-22/h4-10,15-16,18-19,23H,11-14,17H2,1-3H3. The lowest BCUT2D eigenvalue weighted by Crippen LogP contribution is -2.39. The third-order valence-corrected chi connectivity index (χ3v) is 6.94. The van der Waals surface area contributed by atoms with Gasteiger partial charge in [0, 0.05) is 25.5 Å². The molecule has 2 aromatic carbocycles. The van der Waals surface area contributed by atoms with Crippen LogP contribution >= 0.6 is 0 Å². The lowest BCUT2D eigenvalue weighted by atomic mass is 9.90. The van der Waals surface area contributed by atoms with E-state index in [1.165, 1.54) is 5.56 Å².